The van der Waals surface area contributed by atoms with Crippen LogP contribution in [0.2, 0.25) is 0 Å². The van der Waals surface area contributed by atoms with E-state index in [1.54, 1.807) is 36.9 Å². The molecule has 30 heavy (non-hydrogen) atoms. The van der Waals surface area contributed by atoms with Gasteiger partial charge in [0.25, 0.3) is 5.91 Å². The van der Waals surface area contributed by atoms with Gasteiger partial charge in [0, 0.05) is 43.0 Å². The number of nitrogens with zero attached hydrogens (tertiary/aromatic N) is 2. The van der Waals surface area contributed by atoms with Gasteiger partial charge in [0.1, 0.15) is 0 Å². The molecule has 0 spiro atoms. The zero-order chi connectivity index (χ0) is 21.7. The number of amides is 2. The monoisotopic (exact) mass is 429 g/mol. The molecular weight excluding hydrogens is 402 g/mol. The smallest absolute Gasteiger partial charge is 0.255 e. The molecule has 1 N–H and O–H groups in total. The Morgan fingerprint density at radius 3 is 2.40 bits per heavy atom. The molecule has 1 aliphatic rings. The van der Waals surface area contributed by atoms with Crippen LogP contribution in [0.5, 0.6) is 0 Å². The summed E-state index contributed by atoms with van der Waals surface area (Å²) in [6, 6.07) is 13.1. The lowest BCUT2D eigenvalue weighted by molar-refractivity contribution is -0.119. The highest BCUT2D eigenvalue weighted by molar-refractivity contribution is 7.89. The highest BCUT2D eigenvalue weighted by Crippen LogP contribution is 2.24. The van der Waals surface area contributed by atoms with E-state index in [9.17, 15) is 18.0 Å². The first-order valence-corrected chi connectivity index (χ1v) is 11.6. The van der Waals surface area contributed by atoms with Gasteiger partial charge in [0.2, 0.25) is 15.9 Å². The molecule has 0 saturated carbocycles. The number of nitrogens with one attached hydrogen (secondary N) is 1. The zero-order valence-corrected chi connectivity index (χ0v) is 18.1. The van der Waals surface area contributed by atoms with Crippen molar-refractivity contribution in [3.05, 3.63) is 54.1 Å². The Kier molecular flexibility index (Phi) is 6.89. The van der Waals surface area contributed by atoms with Gasteiger partial charge in [0.05, 0.1) is 4.90 Å². The van der Waals surface area contributed by atoms with Crippen LogP contribution < -0.4 is 10.2 Å². The molecule has 1 heterocycles. The van der Waals surface area contributed by atoms with Crippen molar-refractivity contribution >= 4 is 33.2 Å². The SMILES string of the molecule is CCN(CC)S(=O)(=O)c1ccc(C(=O)Nc2cccc(N3CCCCC3=O)c2)cc1. The van der Waals surface area contributed by atoms with Crippen molar-refractivity contribution in [1.29, 1.82) is 0 Å². The average Bonchev–Trinajstić information content (AvgIpc) is 2.75. The number of benzene rings is 2. The number of carbonyl (C=O) groups is 2. The Bertz CT molecular complexity index is 1010. The number of piperidine rings is 1. The lowest BCUT2D eigenvalue weighted by Crippen LogP contribution is -2.35. The molecule has 1 fully saturated rings. The zero-order valence-electron chi connectivity index (χ0n) is 17.3. The van der Waals surface area contributed by atoms with Crippen molar-refractivity contribution in [3.63, 3.8) is 0 Å². The molecule has 3 rings (SSSR count). The lowest BCUT2D eigenvalue weighted by atomic mass is 10.1. The second-order valence-corrected chi connectivity index (χ2v) is 9.06. The first-order chi connectivity index (χ1) is 14.4. The standard InChI is InChI=1S/C22H27N3O4S/c1-3-24(4-2)30(28,29)20-13-11-17(12-14-20)22(27)23-18-8-7-9-19(16-18)25-15-6-5-10-21(25)26/h7-9,11-14,16H,3-6,10,15H2,1-2H3,(H,23,27). The molecule has 2 aromatic rings. The quantitative estimate of drug-likeness (QED) is 0.730. The van der Waals surface area contributed by atoms with Crippen molar-refractivity contribution in [1.82, 2.24) is 4.31 Å². The summed E-state index contributed by atoms with van der Waals surface area (Å²) in [6.45, 7) is 5.02. The molecule has 0 unspecified atom stereocenters. The van der Waals surface area contributed by atoms with Gasteiger partial charge in [-0.1, -0.05) is 19.9 Å². The van der Waals surface area contributed by atoms with Gasteiger partial charge in [-0.05, 0) is 55.3 Å². The van der Waals surface area contributed by atoms with Crippen LogP contribution in [0.25, 0.3) is 0 Å². The maximum absolute atomic E-state index is 12.6. The van der Waals surface area contributed by atoms with Gasteiger partial charge in [0.15, 0.2) is 0 Å². The third-order valence-electron chi connectivity index (χ3n) is 5.20. The summed E-state index contributed by atoms with van der Waals surface area (Å²) in [6.07, 6.45) is 2.41. The molecular formula is C22H27N3O4S. The van der Waals surface area contributed by atoms with Crippen LogP contribution in [-0.2, 0) is 14.8 Å². The number of rotatable bonds is 7. The van der Waals surface area contributed by atoms with E-state index in [1.165, 1.54) is 28.6 Å². The van der Waals surface area contributed by atoms with Crippen molar-refractivity contribution < 1.29 is 18.0 Å². The Balaban J connectivity index is 1.74. The fourth-order valence-electron chi connectivity index (χ4n) is 3.52. The van der Waals surface area contributed by atoms with E-state index in [0.29, 0.717) is 37.3 Å². The summed E-state index contributed by atoms with van der Waals surface area (Å²) in [5.41, 5.74) is 1.70. The van der Waals surface area contributed by atoms with Crippen molar-refractivity contribution in [2.75, 3.05) is 29.9 Å². The van der Waals surface area contributed by atoms with Crippen molar-refractivity contribution in [3.8, 4) is 0 Å². The molecule has 7 nitrogen and oxygen atoms in total. The Morgan fingerprint density at radius 1 is 1.07 bits per heavy atom. The summed E-state index contributed by atoms with van der Waals surface area (Å²) >= 11 is 0. The molecule has 1 saturated heterocycles. The van der Waals surface area contributed by atoms with E-state index in [4.69, 9.17) is 0 Å². The van der Waals surface area contributed by atoms with Gasteiger partial charge in [-0.15, -0.1) is 0 Å². The van der Waals surface area contributed by atoms with E-state index in [2.05, 4.69) is 5.32 Å². The molecule has 0 aliphatic carbocycles. The minimum absolute atomic E-state index is 0.0923. The largest absolute Gasteiger partial charge is 0.322 e. The molecule has 0 bridgehead atoms. The number of hydrogen-bond acceptors (Lipinski definition) is 4. The minimum Gasteiger partial charge on any atom is -0.322 e. The van der Waals surface area contributed by atoms with Crippen LogP contribution in [0, 0.1) is 0 Å². The predicted molar refractivity (Wildman–Crippen MR) is 117 cm³/mol. The topological polar surface area (TPSA) is 86.8 Å². The second-order valence-electron chi connectivity index (χ2n) is 7.12. The van der Waals surface area contributed by atoms with E-state index in [-0.39, 0.29) is 16.7 Å². The molecule has 160 valence electrons. The van der Waals surface area contributed by atoms with E-state index < -0.39 is 10.0 Å². The third-order valence-corrected chi connectivity index (χ3v) is 7.26. The van der Waals surface area contributed by atoms with Crippen LogP contribution in [0.4, 0.5) is 11.4 Å². The van der Waals surface area contributed by atoms with Crippen LogP contribution in [0.3, 0.4) is 0 Å². The molecule has 2 aromatic carbocycles. The molecule has 0 radical (unpaired) electrons. The number of sulfonamides is 1. The van der Waals surface area contributed by atoms with E-state index in [1.807, 2.05) is 6.07 Å². The third kappa shape index (κ3) is 4.71. The highest BCUT2D eigenvalue weighted by Gasteiger charge is 2.22. The highest BCUT2D eigenvalue weighted by atomic mass is 32.2. The molecule has 0 atom stereocenters. The average molecular weight is 430 g/mol. The number of carbonyl (C=O) groups excluding carboxylic acids is 2. The van der Waals surface area contributed by atoms with E-state index in [0.717, 1.165) is 18.5 Å². The molecule has 2 amide bonds. The summed E-state index contributed by atoms with van der Waals surface area (Å²) < 4.78 is 26.5. The number of anilines is 2. The first kappa shape index (κ1) is 22.0. The fourth-order valence-corrected chi connectivity index (χ4v) is 4.98. The van der Waals surface area contributed by atoms with Crippen LogP contribution in [0.1, 0.15) is 43.5 Å². The van der Waals surface area contributed by atoms with Gasteiger partial charge in [-0.25, -0.2) is 8.42 Å². The first-order valence-electron chi connectivity index (χ1n) is 10.2. The van der Waals surface area contributed by atoms with Gasteiger partial charge in [-0.2, -0.15) is 4.31 Å². The second kappa shape index (κ2) is 9.40. The summed E-state index contributed by atoms with van der Waals surface area (Å²) in [4.78, 5) is 26.7. The van der Waals surface area contributed by atoms with Crippen molar-refractivity contribution in [2.45, 2.75) is 38.0 Å². The van der Waals surface area contributed by atoms with Gasteiger partial charge < -0.3 is 10.2 Å². The fraction of sp³-hybridized carbons (Fsp3) is 0.364. The normalized spacial score (nSPS) is 14.8. The van der Waals surface area contributed by atoms with Gasteiger partial charge in [-0.3, -0.25) is 9.59 Å². The number of hydrogen-bond donors (Lipinski definition) is 1. The molecule has 0 aromatic heterocycles. The Hall–Kier alpha value is -2.71. The Labute approximate surface area is 177 Å². The summed E-state index contributed by atoms with van der Waals surface area (Å²) in [5.74, 6) is -0.251. The predicted octanol–water partition coefficient (Wildman–Crippen LogP) is 3.49. The molecule has 8 heteroatoms. The lowest BCUT2D eigenvalue weighted by Gasteiger charge is -2.27. The van der Waals surface area contributed by atoms with E-state index >= 15 is 0 Å². The minimum atomic E-state index is -3.56. The maximum atomic E-state index is 12.6. The molecule has 1 aliphatic heterocycles. The Morgan fingerprint density at radius 2 is 1.77 bits per heavy atom. The summed E-state index contributed by atoms with van der Waals surface area (Å²) in [7, 11) is -3.56. The maximum Gasteiger partial charge on any atom is 0.255 e. The van der Waals surface area contributed by atoms with Crippen molar-refractivity contribution in [2.24, 2.45) is 0 Å². The van der Waals surface area contributed by atoms with Crippen LogP contribution >= 0.6 is 0 Å². The van der Waals surface area contributed by atoms with Crippen LogP contribution in [-0.4, -0.2) is 44.2 Å². The van der Waals surface area contributed by atoms with Crippen LogP contribution in [0.15, 0.2) is 53.4 Å². The van der Waals surface area contributed by atoms with Gasteiger partial charge >= 0.3 is 0 Å². The summed E-state index contributed by atoms with van der Waals surface area (Å²) in [5, 5.41) is 2.82.